The third-order valence-corrected chi connectivity index (χ3v) is 4.18. The van der Waals surface area contributed by atoms with E-state index in [-0.39, 0.29) is 17.4 Å². The SMILES string of the molecule is CC(C)CC(NC(=O)C(N)CS)C(=O)NC(CS)C(=O)NC(C)C(=O)O. The van der Waals surface area contributed by atoms with Gasteiger partial charge < -0.3 is 26.8 Å². The molecule has 0 spiro atoms. The van der Waals surface area contributed by atoms with Gasteiger partial charge in [0.25, 0.3) is 0 Å². The molecular weight excluding hydrogens is 380 g/mol. The number of carboxylic acids is 1. The number of rotatable bonds is 11. The van der Waals surface area contributed by atoms with E-state index in [4.69, 9.17) is 10.8 Å². The van der Waals surface area contributed by atoms with Crippen LogP contribution in [-0.4, -0.2) is 64.5 Å². The molecule has 0 bridgehead atoms. The number of carbonyl (C=O) groups excluding carboxylic acids is 3. The van der Waals surface area contributed by atoms with Crippen LogP contribution in [0.3, 0.4) is 0 Å². The number of nitrogens with one attached hydrogen (secondary N) is 3. The Bertz CT molecular complexity index is 518. The molecule has 0 aliphatic heterocycles. The Morgan fingerprint density at radius 3 is 1.81 bits per heavy atom. The van der Waals surface area contributed by atoms with Gasteiger partial charge >= 0.3 is 5.97 Å². The van der Waals surface area contributed by atoms with Crippen LogP contribution in [0.15, 0.2) is 0 Å². The summed E-state index contributed by atoms with van der Waals surface area (Å²) in [5, 5.41) is 16.1. The van der Waals surface area contributed by atoms with Crippen LogP contribution in [0, 0.1) is 5.92 Å². The van der Waals surface area contributed by atoms with Gasteiger partial charge in [-0.2, -0.15) is 25.3 Å². The highest BCUT2D eigenvalue weighted by atomic mass is 32.1. The maximum absolute atomic E-state index is 12.5. The minimum atomic E-state index is -1.20. The Morgan fingerprint density at radius 2 is 1.38 bits per heavy atom. The standard InChI is InChI=1S/C15H28N4O5S2/c1-7(2)4-10(18-12(20)9(16)5-25)13(21)19-11(6-26)14(22)17-8(3)15(23)24/h7-11,25-26H,4-6,16H2,1-3H3,(H,17,22)(H,18,20)(H,19,21)(H,23,24). The van der Waals surface area contributed by atoms with E-state index in [1.165, 1.54) is 6.92 Å². The Hall–Kier alpha value is -1.46. The summed E-state index contributed by atoms with van der Waals surface area (Å²) in [6.45, 7) is 5.06. The fraction of sp³-hybridized carbons (Fsp3) is 0.733. The van der Waals surface area contributed by atoms with Crippen LogP contribution in [0.1, 0.15) is 27.2 Å². The Kier molecular flexibility index (Phi) is 11.3. The predicted octanol–water partition coefficient (Wildman–Crippen LogP) is -1.22. The molecule has 6 N–H and O–H groups in total. The minimum absolute atomic E-state index is 0.0393. The molecular formula is C15H28N4O5S2. The second kappa shape index (κ2) is 12.0. The van der Waals surface area contributed by atoms with Crippen LogP contribution >= 0.6 is 25.3 Å². The third kappa shape index (κ3) is 8.77. The lowest BCUT2D eigenvalue weighted by molar-refractivity contribution is -0.141. The summed E-state index contributed by atoms with van der Waals surface area (Å²) in [5.74, 6) is -2.80. The molecule has 0 fully saturated rings. The van der Waals surface area contributed by atoms with Gasteiger partial charge in [0.1, 0.15) is 18.1 Å². The number of hydrogen-bond acceptors (Lipinski definition) is 7. The first-order valence-electron chi connectivity index (χ1n) is 8.14. The number of amides is 3. The van der Waals surface area contributed by atoms with Crippen molar-refractivity contribution in [2.45, 2.75) is 51.4 Å². The maximum atomic E-state index is 12.5. The average molecular weight is 409 g/mol. The molecule has 26 heavy (non-hydrogen) atoms. The van der Waals surface area contributed by atoms with Crippen molar-refractivity contribution >= 4 is 48.9 Å². The molecule has 0 aliphatic rings. The summed E-state index contributed by atoms with van der Waals surface area (Å²) >= 11 is 7.97. The number of nitrogens with two attached hydrogens (primary N) is 1. The van der Waals surface area contributed by atoms with E-state index in [0.717, 1.165) is 0 Å². The van der Waals surface area contributed by atoms with Crippen molar-refractivity contribution in [3.05, 3.63) is 0 Å². The maximum Gasteiger partial charge on any atom is 0.325 e. The van der Waals surface area contributed by atoms with Crippen LogP contribution in [0.25, 0.3) is 0 Å². The van der Waals surface area contributed by atoms with E-state index in [9.17, 15) is 19.2 Å². The van der Waals surface area contributed by atoms with E-state index in [2.05, 4.69) is 41.2 Å². The molecule has 3 amide bonds. The van der Waals surface area contributed by atoms with Gasteiger partial charge in [-0.25, -0.2) is 0 Å². The lowest BCUT2D eigenvalue weighted by Gasteiger charge is -2.24. The average Bonchev–Trinajstić information content (AvgIpc) is 2.56. The minimum Gasteiger partial charge on any atom is -0.480 e. The first-order valence-corrected chi connectivity index (χ1v) is 9.41. The number of carboxylic acid groups (broad SMARTS) is 1. The van der Waals surface area contributed by atoms with Gasteiger partial charge in [0.2, 0.25) is 17.7 Å². The summed E-state index contributed by atoms with van der Waals surface area (Å²) in [7, 11) is 0. The summed E-state index contributed by atoms with van der Waals surface area (Å²) < 4.78 is 0. The zero-order chi connectivity index (χ0) is 20.4. The highest BCUT2D eigenvalue weighted by molar-refractivity contribution is 7.80. The monoisotopic (exact) mass is 408 g/mol. The van der Waals surface area contributed by atoms with Crippen molar-refractivity contribution in [3.63, 3.8) is 0 Å². The van der Waals surface area contributed by atoms with Gasteiger partial charge in [-0.3, -0.25) is 19.2 Å². The van der Waals surface area contributed by atoms with Gasteiger partial charge in [-0.15, -0.1) is 0 Å². The van der Waals surface area contributed by atoms with Gasteiger partial charge in [0, 0.05) is 11.5 Å². The Morgan fingerprint density at radius 1 is 0.885 bits per heavy atom. The topological polar surface area (TPSA) is 151 Å². The molecule has 0 heterocycles. The normalized spacial score (nSPS) is 15.5. The van der Waals surface area contributed by atoms with Crippen molar-refractivity contribution in [1.29, 1.82) is 0 Å². The van der Waals surface area contributed by atoms with Crippen LogP contribution in [0.2, 0.25) is 0 Å². The molecule has 0 aromatic rings. The molecule has 4 atom stereocenters. The molecule has 0 aliphatic carbocycles. The van der Waals surface area contributed by atoms with Crippen LogP contribution in [0.4, 0.5) is 0 Å². The molecule has 0 aromatic heterocycles. The van der Waals surface area contributed by atoms with E-state index in [1.807, 2.05) is 13.8 Å². The second-order valence-electron chi connectivity index (χ2n) is 6.29. The highest BCUT2D eigenvalue weighted by Crippen LogP contribution is 2.06. The first kappa shape index (κ1) is 24.5. The smallest absolute Gasteiger partial charge is 0.325 e. The molecule has 11 heteroatoms. The van der Waals surface area contributed by atoms with Crippen LogP contribution in [-0.2, 0) is 19.2 Å². The van der Waals surface area contributed by atoms with Crippen LogP contribution in [0.5, 0.6) is 0 Å². The second-order valence-corrected chi connectivity index (χ2v) is 7.02. The van der Waals surface area contributed by atoms with Crippen molar-refractivity contribution in [3.8, 4) is 0 Å². The molecule has 0 saturated carbocycles. The molecule has 4 unspecified atom stereocenters. The third-order valence-electron chi connectivity index (χ3n) is 3.42. The summed E-state index contributed by atoms with van der Waals surface area (Å²) in [5.41, 5.74) is 5.60. The molecule has 9 nitrogen and oxygen atoms in total. The van der Waals surface area contributed by atoms with Gasteiger partial charge in [-0.1, -0.05) is 13.8 Å². The summed E-state index contributed by atoms with van der Waals surface area (Å²) in [6, 6.07) is -3.90. The first-order chi connectivity index (χ1) is 12.0. The predicted molar refractivity (Wildman–Crippen MR) is 104 cm³/mol. The molecule has 0 saturated heterocycles. The molecule has 150 valence electrons. The van der Waals surface area contributed by atoms with E-state index >= 15 is 0 Å². The van der Waals surface area contributed by atoms with E-state index in [0.29, 0.717) is 6.42 Å². The Balaban J connectivity index is 5.04. The van der Waals surface area contributed by atoms with Crippen molar-refractivity contribution in [2.24, 2.45) is 11.7 Å². The fourth-order valence-corrected chi connectivity index (χ4v) is 2.33. The molecule has 0 rings (SSSR count). The van der Waals surface area contributed by atoms with Crippen molar-refractivity contribution in [1.82, 2.24) is 16.0 Å². The quantitative estimate of drug-likeness (QED) is 0.213. The van der Waals surface area contributed by atoms with Gasteiger partial charge in [0.15, 0.2) is 0 Å². The molecule has 0 aromatic carbocycles. The number of thiol groups is 2. The largest absolute Gasteiger partial charge is 0.480 e. The van der Waals surface area contributed by atoms with Gasteiger partial charge in [0.05, 0.1) is 6.04 Å². The zero-order valence-corrected chi connectivity index (χ0v) is 16.8. The lowest BCUT2D eigenvalue weighted by atomic mass is 10.0. The highest BCUT2D eigenvalue weighted by Gasteiger charge is 2.28. The lowest BCUT2D eigenvalue weighted by Crippen LogP contribution is -2.57. The summed E-state index contributed by atoms with van der Waals surface area (Å²) in [4.78, 5) is 47.4. The Labute approximate surface area is 164 Å². The van der Waals surface area contributed by atoms with E-state index in [1.54, 1.807) is 0 Å². The van der Waals surface area contributed by atoms with E-state index < -0.39 is 47.9 Å². The van der Waals surface area contributed by atoms with Crippen molar-refractivity contribution < 1.29 is 24.3 Å². The number of carbonyl (C=O) groups is 4. The molecule has 0 radical (unpaired) electrons. The zero-order valence-electron chi connectivity index (χ0n) is 15.1. The van der Waals surface area contributed by atoms with Crippen molar-refractivity contribution in [2.75, 3.05) is 11.5 Å². The number of hydrogen-bond donors (Lipinski definition) is 7. The fourth-order valence-electron chi connectivity index (χ4n) is 1.91. The number of aliphatic carboxylic acids is 1. The van der Waals surface area contributed by atoms with Gasteiger partial charge in [-0.05, 0) is 19.3 Å². The summed E-state index contributed by atoms with van der Waals surface area (Å²) in [6.07, 6.45) is 0.337. The van der Waals surface area contributed by atoms with Crippen LogP contribution < -0.4 is 21.7 Å².